The third kappa shape index (κ3) is 5.40. The van der Waals surface area contributed by atoms with Gasteiger partial charge in [0.25, 0.3) is 0 Å². The van der Waals surface area contributed by atoms with E-state index in [-0.39, 0.29) is 24.1 Å². The van der Waals surface area contributed by atoms with Crippen molar-refractivity contribution in [3.8, 4) is 5.69 Å². The van der Waals surface area contributed by atoms with E-state index in [9.17, 15) is 22.4 Å². The van der Waals surface area contributed by atoms with Crippen LogP contribution in [0.25, 0.3) is 5.69 Å². The molecule has 0 unspecified atom stereocenters. The fourth-order valence-electron chi connectivity index (χ4n) is 5.33. The summed E-state index contributed by atoms with van der Waals surface area (Å²) in [5, 5.41) is 4.97. The van der Waals surface area contributed by atoms with Gasteiger partial charge in [0.1, 0.15) is 11.6 Å². The highest BCUT2D eigenvalue weighted by Gasteiger charge is 2.39. The van der Waals surface area contributed by atoms with Gasteiger partial charge in [-0.1, -0.05) is 30.3 Å². The van der Waals surface area contributed by atoms with E-state index in [0.717, 1.165) is 22.5 Å². The first-order chi connectivity index (χ1) is 17.7. The maximum Gasteiger partial charge on any atom is 0.401 e. The number of nitrogens with zero attached hydrogens (tertiary/aromatic N) is 5. The second-order valence-corrected chi connectivity index (χ2v) is 9.55. The number of benzene rings is 2. The number of hydrogen-bond donors (Lipinski definition) is 0. The van der Waals surface area contributed by atoms with Gasteiger partial charge in [-0.2, -0.15) is 18.3 Å². The molecular formula is C27H29F4N5O. The zero-order valence-corrected chi connectivity index (χ0v) is 20.6. The van der Waals surface area contributed by atoms with Crippen LogP contribution in [0.5, 0.6) is 0 Å². The molecule has 37 heavy (non-hydrogen) atoms. The van der Waals surface area contributed by atoms with Crippen LogP contribution in [0.1, 0.15) is 36.1 Å². The van der Waals surface area contributed by atoms with Gasteiger partial charge in [0.05, 0.1) is 17.9 Å². The van der Waals surface area contributed by atoms with E-state index >= 15 is 0 Å². The van der Waals surface area contributed by atoms with Crippen molar-refractivity contribution < 1.29 is 22.4 Å². The Balaban J connectivity index is 1.54. The molecule has 1 saturated heterocycles. The lowest BCUT2D eigenvalue weighted by molar-refractivity contribution is -0.149. The van der Waals surface area contributed by atoms with Crippen molar-refractivity contribution >= 4 is 11.7 Å². The highest BCUT2D eigenvalue weighted by Crippen LogP contribution is 2.43. The average molecular weight is 516 g/mol. The van der Waals surface area contributed by atoms with Gasteiger partial charge in [-0.05, 0) is 36.8 Å². The molecule has 1 amide bonds. The van der Waals surface area contributed by atoms with Gasteiger partial charge in [0, 0.05) is 57.2 Å². The molecule has 0 bridgehead atoms. The Hall–Kier alpha value is -3.24. The number of para-hydroxylation sites is 1. The molecule has 1 fully saturated rings. The Morgan fingerprint density at radius 2 is 1.59 bits per heavy atom. The van der Waals surface area contributed by atoms with E-state index in [2.05, 4.69) is 4.90 Å². The summed E-state index contributed by atoms with van der Waals surface area (Å²) in [4.78, 5) is 18.5. The Morgan fingerprint density at radius 3 is 2.22 bits per heavy atom. The molecule has 0 N–H and O–H groups in total. The van der Waals surface area contributed by atoms with Gasteiger partial charge in [0.2, 0.25) is 5.91 Å². The van der Waals surface area contributed by atoms with Crippen molar-refractivity contribution in [1.29, 1.82) is 0 Å². The number of aromatic nitrogens is 2. The van der Waals surface area contributed by atoms with Crippen molar-refractivity contribution in [1.82, 2.24) is 19.6 Å². The molecule has 3 aromatic rings. The third-order valence-electron chi connectivity index (χ3n) is 7.09. The first kappa shape index (κ1) is 25.4. The number of amides is 1. The summed E-state index contributed by atoms with van der Waals surface area (Å²) >= 11 is 0. The van der Waals surface area contributed by atoms with Crippen molar-refractivity contribution in [2.75, 3.05) is 44.2 Å². The SMILES string of the molecule is CCN1C(=O)C[C@@H](c2ccc(F)cc2)c2c(CN3CCN(CC(F)(F)F)CC3)nn(-c3ccccc3)c21. The van der Waals surface area contributed by atoms with Gasteiger partial charge in [-0.15, -0.1) is 0 Å². The van der Waals surface area contributed by atoms with E-state index in [1.165, 1.54) is 17.0 Å². The molecule has 10 heteroatoms. The normalized spacial score (nSPS) is 19.3. The summed E-state index contributed by atoms with van der Waals surface area (Å²) < 4.78 is 54.0. The van der Waals surface area contributed by atoms with Gasteiger partial charge in [-0.3, -0.25) is 19.5 Å². The van der Waals surface area contributed by atoms with Crippen LogP contribution in [0.3, 0.4) is 0 Å². The number of carbonyl (C=O) groups excluding carboxylic acids is 1. The number of anilines is 1. The molecule has 1 atom stereocenters. The highest BCUT2D eigenvalue weighted by atomic mass is 19.4. The minimum atomic E-state index is -4.21. The largest absolute Gasteiger partial charge is 0.401 e. The molecule has 1 aromatic heterocycles. The van der Waals surface area contributed by atoms with E-state index in [4.69, 9.17) is 5.10 Å². The summed E-state index contributed by atoms with van der Waals surface area (Å²) in [7, 11) is 0. The average Bonchev–Trinajstić information content (AvgIpc) is 3.24. The predicted molar refractivity (Wildman–Crippen MR) is 132 cm³/mol. The first-order valence-electron chi connectivity index (χ1n) is 12.5. The number of carbonyl (C=O) groups is 1. The minimum Gasteiger partial charge on any atom is -0.297 e. The van der Waals surface area contributed by atoms with Crippen LogP contribution < -0.4 is 4.90 Å². The Kier molecular flexibility index (Phi) is 7.04. The number of piperazine rings is 1. The molecule has 0 spiro atoms. The lowest BCUT2D eigenvalue weighted by atomic mass is 9.84. The minimum absolute atomic E-state index is 0.0336. The van der Waals surface area contributed by atoms with Crippen molar-refractivity contribution in [3.05, 3.63) is 77.2 Å². The Morgan fingerprint density at radius 1 is 0.946 bits per heavy atom. The second-order valence-electron chi connectivity index (χ2n) is 9.55. The Bertz CT molecular complexity index is 1230. The van der Waals surface area contributed by atoms with Crippen LogP contribution in [-0.2, 0) is 11.3 Å². The van der Waals surface area contributed by atoms with E-state index < -0.39 is 12.7 Å². The Labute approximate surface area is 213 Å². The molecular weight excluding hydrogens is 486 g/mol. The summed E-state index contributed by atoms with van der Waals surface area (Å²) in [6.45, 7) is 3.55. The molecule has 2 aliphatic heterocycles. The van der Waals surface area contributed by atoms with Gasteiger partial charge in [0.15, 0.2) is 0 Å². The van der Waals surface area contributed by atoms with Gasteiger partial charge >= 0.3 is 6.18 Å². The molecule has 2 aromatic carbocycles. The lowest BCUT2D eigenvalue weighted by Gasteiger charge is -2.35. The van der Waals surface area contributed by atoms with Crippen LogP contribution in [0.2, 0.25) is 0 Å². The summed E-state index contributed by atoms with van der Waals surface area (Å²) in [5.41, 5.74) is 3.33. The zero-order chi connectivity index (χ0) is 26.2. The molecule has 3 heterocycles. The molecule has 196 valence electrons. The zero-order valence-electron chi connectivity index (χ0n) is 20.6. The fraction of sp³-hybridized carbons (Fsp3) is 0.407. The molecule has 6 nitrogen and oxygen atoms in total. The maximum absolute atomic E-state index is 13.7. The van der Waals surface area contributed by atoms with Crippen molar-refractivity contribution in [2.45, 2.75) is 32.0 Å². The molecule has 2 aliphatic rings. The maximum atomic E-state index is 13.7. The van der Waals surface area contributed by atoms with Crippen molar-refractivity contribution in [3.63, 3.8) is 0 Å². The number of alkyl halides is 3. The van der Waals surface area contributed by atoms with Crippen molar-refractivity contribution in [2.24, 2.45) is 0 Å². The highest BCUT2D eigenvalue weighted by molar-refractivity contribution is 5.97. The summed E-state index contributed by atoms with van der Waals surface area (Å²) in [6, 6.07) is 15.8. The van der Waals surface area contributed by atoms with Crippen LogP contribution in [0.4, 0.5) is 23.4 Å². The van der Waals surface area contributed by atoms with Crippen LogP contribution >= 0.6 is 0 Å². The number of fused-ring (bicyclic) bond motifs is 1. The quantitative estimate of drug-likeness (QED) is 0.451. The van der Waals surface area contributed by atoms with Crippen LogP contribution in [0.15, 0.2) is 54.6 Å². The second kappa shape index (κ2) is 10.3. The van der Waals surface area contributed by atoms with E-state index in [0.29, 0.717) is 45.1 Å². The summed E-state index contributed by atoms with van der Waals surface area (Å²) in [6.07, 6.45) is -3.98. The van der Waals surface area contributed by atoms with E-state index in [1.807, 2.05) is 37.3 Å². The molecule has 5 rings (SSSR count). The fourth-order valence-corrected chi connectivity index (χ4v) is 5.33. The summed E-state index contributed by atoms with van der Waals surface area (Å²) in [5.74, 6) is 0.0156. The topological polar surface area (TPSA) is 44.6 Å². The monoisotopic (exact) mass is 515 g/mol. The number of rotatable bonds is 6. The molecule has 0 radical (unpaired) electrons. The predicted octanol–water partition coefficient (Wildman–Crippen LogP) is 4.58. The van der Waals surface area contributed by atoms with Gasteiger partial charge in [-0.25, -0.2) is 9.07 Å². The van der Waals surface area contributed by atoms with Gasteiger partial charge < -0.3 is 0 Å². The third-order valence-corrected chi connectivity index (χ3v) is 7.09. The smallest absolute Gasteiger partial charge is 0.297 e. The molecule has 0 saturated carbocycles. The standard InChI is InChI=1S/C27H29F4N5O/c1-2-35-24(37)16-22(19-8-10-20(28)11-9-19)25-23(32-36(26(25)35)21-6-4-3-5-7-21)17-33-12-14-34(15-13-33)18-27(29,30)31/h3-11,22H,2,12-18H2,1H3/t22-/m0/s1. The number of halogens is 4. The number of hydrogen-bond acceptors (Lipinski definition) is 4. The molecule has 0 aliphatic carbocycles. The van der Waals surface area contributed by atoms with Crippen LogP contribution in [-0.4, -0.2) is 70.9 Å². The lowest BCUT2D eigenvalue weighted by Crippen LogP contribution is -2.48. The van der Waals surface area contributed by atoms with E-state index in [1.54, 1.807) is 21.7 Å². The first-order valence-corrected chi connectivity index (χ1v) is 12.5. The van der Waals surface area contributed by atoms with Crippen LogP contribution in [0, 0.1) is 5.82 Å².